The van der Waals surface area contributed by atoms with Gasteiger partial charge < -0.3 is 15.2 Å². The summed E-state index contributed by atoms with van der Waals surface area (Å²) in [6.45, 7) is 1.02. The van der Waals surface area contributed by atoms with E-state index >= 15 is 0 Å². The van der Waals surface area contributed by atoms with Crippen LogP contribution < -0.4 is 15.2 Å². The average molecular weight is 333 g/mol. The topological polar surface area (TPSA) is 117 Å². The van der Waals surface area contributed by atoms with Gasteiger partial charge >= 0.3 is 0 Å². The van der Waals surface area contributed by atoms with E-state index < -0.39 is 0 Å². The fourth-order valence-electron chi connectivity index (χ4n) is 2.24. The second kappa shape index (κ2) is 7.27. The van der Waals surface area contributed by atoms with Gasteiger partial charge in [-0.2, -0.15) is 5.26 Å². The van der Waals surface area contributed by atoms with Gasteiger partial charge in [-0.25, -0.2) is 0 Å². The summed E-state index contributed by atoms with van der Waals surface area (Å²) < 4.78 is 10.6. The van der Waals surface area contributed by atoms with Crippen LogP contribution in [0.2, 0.25) is 0 Å². The molecule has 2 aliphatic heterocycles. The number of nitriles is 1. The third-order valence-electron chi connectivity index (χ3n) is 3.45. The van der Waals surface area contributed by atoms with Crippen LogP contribution in [0.4, 0.5) is 11.4 Å². The monoisotopic (exact) mass is 333 g/mol. The van der Waals surface area contributed by atoms with E-state index in [4.69, 9.17) is 25.9 Å². The number of fused-ring (bicyclic) bond motifs is 2. The van der Waals surface area contributed by atoms with Crippen LogP contribution in [0.25, 0.3) is 0 Å². The van der Waals surface area contributed by atoms with Crippen molar-refractivity contribution in [2.75, 3.05) is 13.2 Å². The van der Waals surface area contributed by atoms with E-state index in [1.165, 1.54) is 0 Å². The number of ether oxygens (including phenoxy) is 2. The molecule has 0 aliphatic carbocycles. The van der Waals surface area contributed by atoms with E-state index in [0.717, 1.165) is 22.9 Å². The molecular weight excluding hydrogens is 318 g/mol. The summed E-state index contributed by atoms with van der Waals surface area (Å²) in [5, 5.41) is 15.8. The Kier molecular flexibility index (Phi) is 4.72. The summed E-state index contributed by atoms with van der Waals surface area (Å²) in [6.07, 6.45) is 3.37. The van der Waals surface area contributed by atoms with Gasteiger partial charge in [-0.3, -0.25) is 15.4 Å². The Morgan fingerprint density at radius 3 is 2.20 bits per heavy atom. The molecule has 0 unspecified atom stereocenters. The largest absolute Gasteiger partial charge is 0.486 e. The molecular formula is C18H15N5O2. The lowest BCUT2D eigenvalue weighted by Crippen LogP contribution is -2.11. The molecule has 0 spiro atoms. The molecule has 3 N–H and O–H groups in total. The first-order chi connectivity index (χ1) is 12.2. The summed E-state index contributed by atoms with van der Waals surface area (Å²) >= 11 is 0. The Balaban J connectivity index is 0.000000146. The SMILES string of the molecule is N#Cc1ccc2c(c1)N=CCO2.N=C(N)c1ccc2c(c1)N=CCO2. The second-order valence-corrected chi connectivity index (χ2v) is 5.14. The number of hydrogen-bond donors (Lipinski definition) is 2. The Labute approximate surface area is 144 Å². The van der Waals surface area contributed by atoms with Crippen LogP contribution in [0.1, 0.15) is 11.1 Å². The Bertz CT molecular complexity index is 912. The zero-order valence-electron chi connectivity index (χ0n) is 13.3. The second-order valence-electron chi connectivity index (χ2n) is 5.14. The van der Waals surface area contributed by atoms with Crippen LogP contribution in [0.5, 0.6) is 11.5 Å². The first-order valence-corrected chi connectivity index (χ1v) is 7.50. The summed E-state index contributed by atoms with van der Waals surface area (Å²) in [6, 6.07) is 12.5. The molecule has 2 heterocycles. The van der Waals surface area contributed by atoms with Crippen molar-refractivity contribution in [2.24, 2.45) is 15.7 Å². The van der Waals surface area contributed by atoms with Gasteiger partial charge in [0.1, 0.15) is 41.9 Å². The third kappa shape index (κ3) is 3.82. The van der Waals surface area contributed by atoms with E-state index in [1.54, 1.807) is 48.8 Å². The molecule has 0 amide bonds. The molecule has 7 heteroatoms. The van der Waals surface area contributed by atoms with Gasteiger partial charge in [0, 0.05) is 18.0 Å². The van der Waals surface area contributed by atoms with Crippen LogP contribution in [0.3, 0.4) is 0 Å². The predicted octanol–water partition coefficient (Wildman–Crippen LogP) is 2.72. The number of amidine groups is 1. The number of nitrogens with zero attached hydrogens (tertiary/aromatic N) is 3. The van der Waals surface area contributed by atoms with Crippen molar-refractivity contribution in [1.82, 2.24) is 0 Å². The summed E-state index contributed by atoms with van der Waals surface area (Å²) in [5.74, 6) is 1.53. The quantitative estimate of drug-likeness (QED) is 0.616. The van der Waals surface area contributed by atoms with Gasteiger partial charge in [-0.05, 0) is 36.4 Å². The number of nitrogens with one attached hydrogen (secondary N) is 1. The molecule has 2 aliphatic rings. The van der Waals surface area contributed by atoms with Crippen molar-refractivity contribution in [3.63, 3.8) is 0 Å². The van der Waals surface area contributed by atoms with E-state index in [9.17, 15) is 0 Å². The normalized spacial score (nSPS) is 13.1. The van der Waals surface area contributed by atoms with Gasteiger partial charge in [0.2, 0.25) is 0 Å². The molecule has 0 radical (unpaired) electrons. The number of aliphatic imine (C=N–C) groups is 2. The van der Waals surface area contributed by atoms with Gasteiger partial charge in [0.15, 0.2) is 0 Å². The van der Waals surface area contributed by atoms with E-state index in [0.29, 0.717) is 24.3 Å². The molecule has 4 rings (SSSR count). The first kappa shape index (κ1) is 16.2. The fraction of sp³-hybridized carbons (Fsp3) is 0.111. The molecule has 0 bridgehead atoms. The lowest BCUT2D eigenvalue weighted by Gasteiger charge is -2.11. The highest BCUT2D eigenvalue weighted by Crippen LogP contribution is 2.30. The summed E-state index contributed by atoms with van der Waals surface area (Å²) in [4.78, 5) is 8.23. The van der Waals surface area contributed by atoms with Gasteiger partial charge in [-0.15, -0.1) is 0 Å². The van der Waals surface area contributed by atoms with Crippen LogP contribution in [-0.2, 0) is 0 Å². The van der Waals surface area contributed by atoms with Gasteiger partial charge in [-0.1, -0.05) is 0 Å². The molecule has 0 aromatic heterocycles. The van der Waals surface area contributed by atoms with Crippen LogP contribution >= 0.6 is 0 Å². The number of nitrogen functional groups attached to an aromatic ring is 1. The lowest BCUT2D eigenvalue weighted by atomic mass is 10.1. The maximum absolute atomic E-state index is 8.60. The number of rotatable bonds is 1. The zero-order valence-corrected chi connectivity index (χ0v) is 13.3. The maximum Gasteiger partial charge on any atom is 0.145 e. The molecule has 124 valence electrons. The van der Waals surface area contributed by atoms with Crippen molar-refractivity contribution in [1.29, 1.82) is 10.7 Å². The number of benzene rings is 2. The van der Waals surface area contributed by atoms with E-state index in [2.05, 4.69) is 9.98 Å². The van der Waals surface area contributed by atoms with Crippen molar-refractivity contribution >= 4 is 29.6 Å². The minimum atomic E-state index is 0.0450. The molecule has 2 aromatic carbocycles. The minimum absolute atomic E-state index is 0.0450. The summed E-state index contributed by atoms with van der Waals surface area (Å²) in [5.41, 5.74) is 8.08. The Morgan fingerprint density at radius 1 is 1.00 bits per heavy atom. The predicted molar refractivity (Wildman–Crippen MR) is 95.9 cm³/mol. The average Bonchev–Trinajstić information content (AvgIpc) is 2.67. The number of hydrogen-bond acceptors (Lipinski definition) is 6. The van der Waals surface area contributed by atoms with E-state index in [-0.39, 0.29) is 5.84 Å². The smallest absolute Gasteiger partial charge is 0.145 e. The molecule has 0 fully saturated rings. The van der Waals surface area contributed by atoms with Crippen molar-refractivity contribution in [2.45, 2.75) is 0 Å². The molecule has 2 aromatic rings. The van der Waals surface area contributed by atoms with E-state index in [1.807, 2.05) is 6.07 Å². The zero-order chi connectivity index (χ0) is 17.6. The fourth-order valence-corrected chi connectivity index (χ4v) is 2.24. The van der Waals surface area contributed by atoms with Gasteiger partial charge in [0.25, 0.3) is 0 Å². The molecule has 0 atom stereocenters. The summed E-state index contributed by atoms with van der Waals surface area (Å²) in [7, 11) is 0. The van der Waals surface area contributed by atoms with Crippen molar-refractivity contribution < 1.29 is 9.47 Å². The highest BCUT2D eigenvalue weighted by Gasteiger charge is 2.08. The first-order valence-electron chi connectivity index (χ1n) is 7.50. The molecule has 0 saturated carbocycles. The highest BCUT2D eigenvalue weighted by atomic mass is 16.5. The molecule has 25 heavy (non-hydrogen) atoms. The number of nitrogens with two attached hydrogens (primary N) is 1. The van der Waals surface area contributed by atoms with Crippen molar-refractivity contribution in [3.05, 3.63) is 47.5 Å². The Morgan fingerprint density at radius 2 is 1.60 bits per heavy atom. The molecule has 0 saturated heterocycles. The lowest BCUT2D eigenvalue weighted by molar-refractivity contribution is 0.377. The van der Waals surface area contributed by atoms with Crippen LogP contribution in [0.15, 0.2) is 46.4 Å². The van der Waals surface area contributed by atoms with Gasteiger partial charge in [0.05, 0.1) is 11.6 Å². The Hall–Kier alpha value is -3.66. The third-order valence-corrected chi connectivity index (χ3v) is 3.45. The highest BCUT2D eigenvalue weighted by molar-refractivity contribution is 5.96. The van der Waals surface area contributed by atoms with Crippen LogP contribution in [-0.4, -0.2) is 31.5 Å². The van der Waals surface area contributed by atoms with Crippen molar-refractivity contribution in [3.8, 4) is 17.6 Å². The minimum Gasteiger partial charge on any atom is -0.486 e. The maximum atomic E-state index is 8.60. The van der Waals surface area contributed by atoms with Crippen LogP contribution in [0, 0.1) is 16.7 Å². The molecule has 7 nitrogen and oxygen atoms in total. The standard InChI is InChI=1S/C9H9N3O.C9H6N2O/c10-9(11)6-1-2-8-7(5-6)12-3-4-13-8;10-6-7-1-2-9-8(5-7)11-3-4-12-9/h1-3,5H,4H2,(H3,10,11);1-3,5H,4H2.